The van der Waals surface area contributed by atoms with Crippen molar-refractivity contribution in [2.75, 3.05) is 13.1 Å². The number of aryl methyl sites for hydroxylation is 2. The molecule has 1 aromatic heterocycles. The topological polar surface area (TPSA) is 54.0 Å². The molecule has 0 fully saturated rings. The molecular weight excluding hydrogens is 282 g/mol. The zero-order chi connectivity index (χ0) is 15.2. The minimum atomic E-state index is -0.0261. The number of benzene rings is 1. The van der Waals surface area contributed by atoms with Crippen molar-refractivity contribution in [1.82, 2.24) is 15.6 Å². The first kappa shape index (κ1) is 15.7. The van der Waals surface area contributed by atoms with Crippen LogP contribution < -0.4 is 10.6 Å². The van der Waals surface area contributed by atoms with E-state index in [1.54, 1.807) is 11.3 Å². The van der Waals surface area contributed by atoms with Crippen molar-refractivity contribution in [2.45, 2.75) is 26.8 Å². The van der Waals surface area contributed by atoms with E-state index in [9.17, 15) is 4.79 Å². The van der Waals surface area contributed by atoms with Crippen molar-refractivity contribution in [3.63, 3.8) is 0 Å². The summed E-state index contributed by atoms with van der Waals surface area (Å²) in [4.78, 5) is 17.4. The second-order valence-corrected chi connectivity index (χ2v) is 6.35. The highest BCUT2D eigenvalue weighted by molar-refractivity contribution is 7.11. The van der Waals surface area contributed by atoms with E-state index in [1.165, 1.54) is 4.88 Å². The van der Waals surface area contributed by atoms with Crippen molar-refractivity contribution in [2.24, 2.45) is 0 Å². The molecule has 1 atom stereocenters. The van der Waals surface area contributed by atoms with E-state index in [4.69, 9.17) is 0 Å². The monoisotopic (exact) mass is 303 g/mol. The summed E-state index contributed by atoms with van der Waals surface area (Å²) in [6.07, 6.45) is 1.91. The number of nitrogens with one attached hydrogen (secondary N) is 2. The molecule has 0 aliphatic rings. The molecule has 0 spiro atoms. The van der Waals surface area contributed by atoms with Crippen LogP contribution in [0.15, 0.2) is 30.5 Å². The molecule has 1 heterocycles. The third-order valence-corrected chi connectivity index (χ3v) is 4.30. The molecule has 21 heavy (non-hydrogen) atoms. The van der Waals surface area contributed by atoms with Crippen LogP contribution in [-0.2, 0) is 0 Å². The van der Waals surface area contributed by atoms with Gasteiger partial charge in [-0.3, -0.25) is 4.79 Å². The Labute approximate surface area is 129 Å². The molecule has 1 aromatic carbocycles. The fourth-order valence-corrected chi connectivity index (χ4v) is 2.84. The molecule has 0 saturated carbocycles. The molecule has 0 radical (unpaired) electrons. The van der Waals surface area contributed by atoms with Crippen LogP contribution >= 0.6 is 11.3 Å². The fourth-order valence-electron chi connectivity index (χ4n) is 2.03. The van der Waals surface area contributed by atoms with Crippen molar-refractivity contribution in [3.05, 3.63) is 51.5 Å². The van der Waals surface area contributed by atoms with Crippen molar-refractivity contribution in [3.8, 4) is 0 Å². The number of thiazole rings is 1. The van der Waals surface area contributed by atoms with E-state index in [0.29, 0.717) is 12.1 Å². The van der Waals surface area contributed by atoms with E-state index >= 15 is 0 Å². The van der Waals surface area contributed by atoms with Crippen LogP contribution in [0.3, 0.4) is 0 Å². The summed E-state index contributed by atoms with van der Waals surface area (Å²) >= 11 is 1.70. The Morgan fingerprint density at radius 1 is 1.33 bits per heavy atom. The SMILES string of the molecule is Cc1cccc(C(=O)NCCN[C@H](C)c2cnc(C)s2)c1. The van der Waals surface area contributed by atoms with Gasteiger partial charge in [0.1, 0.15) is 0 Å². The van der Waals surface area contributed by atoms with Gasteiger partial charge in [0.15, 0.2) is 0 Å². The predicted molar refractivity (Wildman–Crippen MR) is 86.8 cm³/mol. The molecule has 4 nitrogen and oxygen atoms in total. The molecule has 2 rings (SSSR count). The Morgan fingerprint density at radius 2 is 2.14 bits per heavy atom. The summed E-state index contributed by atoms with van der Waals surface area (Å²) in [6.45, 7) is 7.43. The molecular formula is C16H21N3OS. The lowest BCUT2D eigenvalue weighted by molar-refractivity contribution is 0.0953. The molecule has 2 aromatic rings. The molecule has 0 saturated heterocycles. The average molecular weight is 303 g/mol. The summed E-state index contributed by atoms with van der Waals surface area (Å²) in [7, 11) is 0. The first-order valence-electron chi connectivity index (χ1n) is 7.07. The Balaban J connectivity index is 1.73. The minimum absolute atomic E-state index is 0.0261. The van der Waals surface area contributed by atoms with Gasteiger partial charge in [0.25, 0.3) is 5.91 Å². The second-order valence-electron chi connectivity index (χ2n) is 5.08. The van der Waals surface area contributed by atoms with Gasteiger partial charge in [0.2, 0.25) is 0 Å². The smallest absolute Gasteiger partial charge is 0.251 e. The quantitative estimate of drug-likeness (QED) is 0.807. The third kappa shape index (κ3) is 4.65. The van der Waals surface area contributed by atoms with Gasteiger partial charge in [-0.1, -0.05) is 17.7 Å². The Kier molecular flexibility index (Phi) is 5.47. The lowest BCUT2D eigenvalue weighted by Crippen LogP contribution is -2.32. The van der Waals surface area contributed by atoms with Crippen LogP contribution in [0.2, 0.25) is 0 Å². The Hall–Kier alpha value is -1.72. The first-order chi connectivity index (χ1) is 10.1. The number of hydrogen-bond donors (Lipinski definition) is 2. The van der Waals surface area contributed by atoms with Crippen LogP contribution in [0, 0.1) is 13.8 Å². The highest BCUT2D eigenvalue weighted by Gasteiger charge is 2.08. The number of rotatable bonds is 6. The van der Waals surface area contributed by atoms with Gasteiger partial charge in [-0.2, -0.15) is 0 Å². The number of carbonyl (C=O) groups excluding carboxylic acids is 1. The standard InChI is InChI=1S/C16H21N3OS/c1-11-5-4-6-14(9-11)16(20)18-8-7-17-12(2)15-10-19-13(3)21-15/h4-6,9-10,12,17H,7-8H2,1-3H3,(H,18,20)/t12-/m1/s1. The largest absolute Gasteiger partial charge is 0.351 e. The highest BCUT2D eigenvalue weighted by atomic mass is 32.1. The van der Waals surface area contributed by atoms with Gasteiger partial charge >= 0.3 is 0 Å². The summed E-state index contributed by atoms with van der Waals surface area (Å²) in [6, 6.07) is 7.87. The summed E-state index contributed by atoms with van der Waals surface area (Å²) in [5.41, 5.74) is 1.80. The Morgan fingerprint density at radius 3 is 2.81 bits per heavy atom. The number of carbonyl (C=O) groups is 1. The average Bonchev–Trinajstić information content (AvgIpc) is 2.90. The second kappa shape index (κ2) is 7.33. The van der Waals surface area contributed by atoms with E-state index in [-0.39, 0.29) is 11.9 Å². The number of aromatic nitrogens is 1. The highest BCUT2D eigenvalue weighted by Crippen LogP contribution is 2.19. The fraction of sp³-hybridized carbons (Fsp3) is 0.375. The molecule has 0 unspecified atom stereocenters. The van der Waals surface area contributed by atoms with Crippen LogP contribution in [0.25, 0.3) is 0 Å². The number of amides is 1. The predicted octanol–water partition coefficient (Wildman–Crippen LogP) is 2.84. The number of nitrogens with zero attached hydrogens (tertiary/aromatic N) is 1. The molecule has 5 heteroatoms. The van der Waals surface area contributed by atoms with Gasteiger partial charge in [-0.05, 0) is 32.9 Å². The molecule has 0 aliphatic carbocycles. The van der Waals surface area contributed by atoms with Crippen molar-refractivity contribution >= 4 is 17.2 Å². The maximum atomic E-state index is 12.0. The summed E-state index contributed by atoms with van der Waals surface area (Å²) in [5.74, 6) is -0.0261. The lowest BCUT2D eigenvalue weighted by Gasteiger charge is -2.12. The molecule has 2 N–H and O–H groups in total. The maximum Gasteiger partial charge on any atom is 0.251 e. The van der Waals surface area contributed by atoms with Gasteiger partial charge in [0, 0.05) is 35.8 Å². The van der Waals surface area contributed by atoms with Gasteiger partial charge in [-0.25, -0.2) is 4.98 Å². The zero-order valence-electron chi connectivity index (χ0n) is 12.6. The van der Waals surface area contributed by atoms with Crippen molar-refractivity contribution < 1.29 is 4.79 Å². The van der Waals surface area contributed by atoms with E-state index in [2.05, 4.69) is 22.5 Å². The molecule has 0 bridgehead atoms. The Bertz CT molecular complexity index is 609. The summed E-state index contributed by atoms with van der Waals surface area (Å²) < 4.78 is 0. The maximum absolute atomic E-state index is 12.0. The van der Waals surface area contributed by atoms with Crippen LogP contribution in [0.5, 0.6) is 0 Å². The third-order valence-electron chi connectivity index (χ3n) is 3.21. The first-order valence-corrected chi connectivity index (χ1v) is 7.88. The molecule has 1 amide bonds. The van der Waals surface area contributed by atoms with Gasteiger partial charge < -0.3 is 10.6 Å². The lowest BCUT2D eigenvalue weighted by atomic mass is 10.1. The van der Waals surface area contributed by atoms with Gasteiger partial charge in [0.05, 0.1) is 5.01 Å². The molecule has 0 aliphatic heterocycles. The minimum Gasteiger partial charge on any atom is -0.351 e. The number of hydrogen-bond acceptors (Lipinski definition) is 4. The van der Waals surface area contributed by atoms with Crippen molar-refractivity contribution in [1.29, 1.82) is 0 Å². The normalized spacial score (nSPS) is 12.1. The van der Waals surface area contributed by atoms with Crippen LogP contribution in [0.1, 0.15) is 38.8 Å². The van der Waals surface area contributed by atoms with Crippen LogP contribution in [-0.4, -0.2) is 24.0 Å². The molecule has 112 valence electrons. The van der Waals surface area contributed by atoms with Gasteiger partial charge in [-0.15, -0.1) is 11.3 Å². The zero-order valence-corrected chi connectivity index (χ0v) is 13.5. The summed E-state index contributed by atoms with van der Waals surface area (Å²) in [5, 5.41) is 7.39. The van der Waals surface area contributed by atoms with E-state index < -0.39 is 0 Å². The van der Waals surface area contributed by atoms with E-state index in [0.717, 1.165) is 17.1 Å². The van der Waals surface area contributed by atoms with E-state index in [1.807, 2.05) is 44.3 Å². The van der Waals surface area contributed by atoms with Crippen LogP contribution in [0.4, 0.5) is 0 Å².